The summed E-state index contributed by atoms with van der Waals surface area (Å²) in [6.45, 7) is -3.04. The molecule has 0 saturated heterocycles. The van der Waals surface area contributed by atoms with E-state index in [0.717, 1.165) is 6.07 Å². The SMILES string of the molecule is O=C(O)c1cc(OC(F)F)no1. The molecule has 0 amide bonds. The van der Waals surface area contributed by atoms with Crippen molar-refractivity contribution in [3.8, 4) is 5.88 Å². The van der Waals surface area contributed by atoms with E-state index in [9.17, 15) is 13.6 Å². The van der Waals surface area contributed by atoms with E-state index in [0.29, 0.717) is 0 Å². The molecule has 0 spiro atoms. The van der Waals surface area contributed by atoms with Gasteiger partial charge in [0, 0.05) is 0 Å². The van der Waals surface area contributed by atoms with Crippen LogP contribution < -0.4 is 4.74 Å². The van der Waals surface area contributed by atoms with Crippen LogP contribution in [0.4, 0.5) is 8.78 Å². The fraction of sp³-hybridized carbons (Fsp3) is 0.200. The summed E-state index contributed by atoms with van der Waals surface area (Å²) in [5.41, 5.74) is 0. The number of aromatic carboxylic acids is 1. The van der Waals surface area contributed by atoms with Crippen molar-refractivity contribution in [2.24, 2.45) is 0 Å². The van der Waals surface area contributed by atoms with Crippen molar-refractivity contribution in [2.45, 2.75) is 6.61 Å². The smallest absolute Gasteiger partial charge is 0.388 e. The molecular weight excluding hydrogens is 176 g/mol. The van der Waals surface area contributed by atoms with E-state index in [-0.39, 0.29) is 0 Å². The highest BCUT2D eigenvalue weighted by Crippen LogP contribution is 2.13. The molecule has 0 radical (unpaired) electrons. The van der Waals surface area contributed by atoms with Crippen LogP contribution in [0, 0.1) is 0 Å². The van der Waals surface area contributed by atoms with Crippen molar-refractivity contribution >= 4 is 5.97 Å². The molecule has 1 rings (SSSR count). The van der Waals surface area contributed by atoms with Crippen LogP contribution in [0.15, 0.2) is 10.6 Å². The van der Waals surface area contributed by atoms with Gasteiger partial charge in [0.15, 0.2) is 0 Å². The van der Waals surface area contributed by atoms with Gasteiger partial charge in [-0.05, 0) is 5.16 Å². The second kappa shape index (κ2) is 3.16. The van der Waals surface area contributed by atoms with Gasteiger partial charge in [0.2, 0.25) is 5.76 Å². The highest BCUT2D eigenvalue weighted by atomic mass is 19.3. The van der Waals surface area contributed by atoms with Crippen molar-refractivity contribution < 1.29 is 27.9 Å². The first-order chi connectivity index (χ1) is 5.59. The summed E-state index contributed by atoms with van der Waals surface area (Å²) in [5.74, 6) is -2.50. The van der Waals surface area contributed by atoms with E-state index in [1.54, 1.807) is 0 Å². The highest BCUT2D eigenvalue weighted by molar-refractivity contribution is 5.84. The number of alkyl halides is 2. The molecule has 1 aromatic heterocycles. The molecule has 12 heavy (non-hydrogen) atoms. The zero-order chi connectivity index (χ0) is 9.14. The van der Waals surface area contributed by atoms with Crippen molar-refractivity contribution in [3.05, 3.63) is 11.8 Å². The second-order valence-electron chi connectivity index (χ2n) is 1.71. The minimum atomic E-state index is -3.04. The van der Waals surface area contributed by atoms with Gasteiger partial charge >= 0.3 is 12.6 Å². The number of carboxylic acid groups (broad SMARTS) is 1. The Morgan fingerprint density at radius 2 is 2.42 bits per heavy atom. The molecule has 0 bridgehead atoms. The number of rotatable bonds is 3. The third-order valence-corrected chi connectivity index (χ3v) is 0.909. The molecule has 0 atom stereocenters. The predicted molar refractivity (Wildman–Crippen MR) is 30.1 cm³/mol. The van der Waals surface area contributed by atoms with Crippen molar-refractivity contribution in [2.75, 3.05) is 0 Å². The minimum Gasteiger partial charge on any atom is -0.475 e. The third-order valence-electron chi connectivity index (χ3n) is 0.909. The molecule has 0 saturated carbocycles. The van der Waals surface area contributed by atoms with Crippen LogP contribution in [-0.4, -0.2) is 22.8 Å². The number of halogens is 2. The number of carboxylic acids is 1. The number of aromatic nitrogens is 1. The number of carbonyl (C=O) groups is 1. The van der Waals surface area contributed by atoms with Gasteiger partial charge in [-0.3, -0.25) is 0 Å². The summed E-state index contributed by atoms with van der Waals surface area (Å²) in [5, 5.41) is 11.2. The molecule has 0 aliphatic carbocycles. The number of ether oxygens (including phenoxy) is 1. The lowest BCUT2D eigenvalue weighted by atomic mass is 10.5. The van der Waals surface area contributed by atoms with Gasteiger partial charge in [-0.2, -0.15) is 8.78 Å². The second-order valence-corrected chi connectivity index (χ2v) is 1.71. The van der Waals surface area contributed by atoms with E-state index in [4.69, 9.17) is 5.11 Å². The van der Waals surface area contributed by atoms with E-state index in [2.05, 4.69) is 14.4 Å². The van der Waals surface area contributed by atoms with Crippen LogP contribution in [0.2, 0.25) is 0 Å². The van der Waals surface area contributed by atoms with E-state index in [1.165, 1.54) is 0 Å². The summed E-state index contributed by atoms with van der Waals surface area (Å²) < 4.78 is 30.8. The molecule has 0 unspecified atom stereocenters. The zero-order valence-electron chi connectivity index (χ0n) is 5.53. The number of hydrogen-bond donors (Lipinski definition) is 1. The molecule has 0 aliphatic heterocycles. The predicted octanol–water partition coefficient (Wildman–Crippen LogP) is 0.974. The standard InChI is InChI=1S/C5H3F2NO4/c6-5(7)11-3-1-2(4(9)10)12-8-3/h1,5H,(H,9,10). The van der Waals surface area contributed by atoms with Gasteiger partial charge in [0.05, 0.1) is 6.07 Å². The van der Waals surface area contributed by atoms with Crippen LogP contribution >= 0.6 is 0 Å². The van der Waals surface area contributed by atoms with E-state index >= 15 is 0 Å². The van der Waals surface area contributed by atoms with Crippen LogP contribution in [0.25, 0.3) is 0 Å². The molecule has 5 nitrogen and oxygen atoms in total. The van der Waals surface area contributed by atoms with Crippen LogP contribution in [0.1, 0.15) is 10.6 Å². The molecule has 7 heteroatoms. The Labute approximate surface area is 64.5 Å². The van der Waals surface area contributed by atoms with Crippen molar-refractivity contribution in [3.63, 3.8) is 0 Å². The molecule has 1 N–H and O–H groups in total. The Kier molecular flexibility index (Phi) is 2.22. The Morgan fingerprint density at radius 3 is 2.83 bits per heavy atom. The normalized spacial score (nSPS) is 10.2. The van der Waals surface area contributed by atoms with Gasteiger partial charge in [-0.1, -0.05) is 0 Å². The minimum absolute atomic E-state index is 0.550. The van der Waals surface area contributed by atoms with Crippen LogP contribution in [-0.2, 0) is 0 Å². The summed E-state index contributed by atoms with van der Waals surface area (Å²) >= 11 is 0. The first-order valence-corrected chi connectivity index (χ1v) is 2.74. The lowest BCUT2D eigenvalue weighted by Gasteiger charge is -1.95. The van der Waals surface area contributed by atoms with Gasteiger partial charge in [0.25, 0.3) is 5.88 Å². The van der Waals surface area contributed by atoms with Gasteiger partial charge < -0.3 is 14.4 Å². The molecule has 0 aliphatic rings. The van der Waals surface area contributed by atoms with Crippen LogP contribution in [0.3, 0.4) is 0 Å². The lowest BCUT2D eigenvalue weighted by molar-refractivity contribution is -0.0545. The summed E-state index contributed by atoms with van der Waals surface area (Å²) in [7, 11) is 0. The average molecular weight is 179 g/mol. The Balaban J connectivity index is 2.71. The molecule has 1 aromatic rings. The van der Waals surface area contributed by atoms with Crippen molar-refractivity contribution in [1.29, 1.82) is 0 Å². The first kappa shape index (κ1) is 8.44. The maximum Gasteiger partial charge on any atom is 0.388 e. The zero-order valence-corrected chi connectivity index (χ0v) is 5.53. The fourth-order valence-corrected chi connectivity index (χ4v) is 0.507. The molecule has 66 valence electrons. The maximum atomic E-state index is 11.5. The first-order valence-electron chi connectivity index (χ1n) is 2.74. The Bertz CT molecular complexity index is 285. The summed E-state index contributed by atoms with van der Waals surface area (Å²) in [4.78, 5) is 10.1. The van der Waals surface area contributed by atoms with Crippen LogP contribution in [0.5, 0.6) is 5.88 Å². The molecule has 0 fully saturated rings. The van der Waals surface area contributed by atoms with Gasteiger partial charge in [-0.15, -0.1) is 0 Å². The number of nitrogens with zero attached hydrogens (tertiary/aromatic N) is 1. The molecular formula is C5H3F2NO4. The van der Waals surface area contributed by atoms with Crippen molar-refractivity contribution in [1.82, 2.24) is 5.16 Å². The molecule has 0 aromatic carbocycles. The molecule has 1 heterocycles. The quantitative estimate of drug-likeness (QED) is 0.748. The Morgan fingerprint density at radius 1 is 1.75 bits per heavy atom. The third kappa shape index (κ3) is 1.91. The number of hydrogen-bond acceptors (Lipinski definition) is 4. The lowest BCUT2D eigenvalue weighted by Crippen LogP contribution is -2.01. The highest BCUT2D eigenvalue weighted by Gasteiger charge is 2.14. The summed E-state index contributed by atoms with van der Waals surface area (Å²) in [6.07, 6.45) is 0. The topological polar surface area (TPSA) is 72.6 Å². The summed E-state index contributed by atoms with van der Waals surface area (Å²) in [6, 6.07) is 0.758. The van der Waals surface area contributed by atoms with Gasteiger partial charge in [0.1, 0.15) is 0 Å². The van der Waals surface area contributed by atoms with E-state index in [1.807, 2.05) is 0 Å². The fourth-order valence-electron chi connectivity index (χ4n) is 0.507. The maximum absolute atomic E-state index is 11.5. The Hall–Kier alpha value is -1.66. The monoisotopic (exact) mass is 179 g/mol. The average Bonchev–Trinajstić information content (AvgIpc) is 2.34. The van der Waals surface area contributed by atoms with Gasteiger partial charge in [-0.25, -0.2) is 4.79 Å². The largest absolute Gasteiger partial charge is 0.475 e. The van der Waals surface area contributed by atoms with E-state index < -0.39 is 24.2 Å².